The van der Waals surface area contributed by atoms with E-state index >= 15 is 0 Å². The van der Waals surface area contributed by atoms with Crippen molar-refractivity contribution >= 4 is 23.3 Å². The lowest BCUT2D eigenvalue weighted by molar-refractivity contribution is -0.118. The average Bonchev–Trinajstić information content (AvgIpc) is 2.76. The van der Waals surface area contributed by atoms with Gasteiger partial charge >= 0.3 is 6.03 Å². The number of nitrogens with one attached hydrogen (secondary N) is 1. The van der Waals surface area contributed by atoms with E-state index in [-0.39, 0.29) is 5.91 Å². The van der Waals surface area contributed by atoms with Crippen LogP contribution in [0.15, 0.2) is 54.6 Å². The van der Waals surface area contributed by atoms with Gasteiger partial charge in [-0.05, 0) is 29.8 Å². The number of benzene rings is 2. The van der Waals surface area contributed by atoms with Crippen molar-refractivity contribution in [2.75, 3.05) is 10.6 Å². The highest BCUT2D eigenvalue weighted by Crippen LogP contribution is 2.27. The summed E-state index contributed by atoms with van der Waals surface area (Å²) in [5.74, 6) is -0.286. The number of carbonyl (C=O) groups is 2. The fraction of sp³-hybridized carbons (Fsp3) is 0.0667. The van der Waals surface area contributed by atoms with Crippen LogP contribution in [0.2, 0.25) is 0 Å². The molecule has 0 bridgehead atoms. The zero-order valence-electron chi connectivity index (χ0n) is 10.6. The molecule has 0 radical (unpaired) electrons. The van der Waals surface area contributed by atoms with Crippen LogP contribution in [0.3, 0.4) is 0 Å². The van der Waals surface area contributed by atoms with E-state index in [2.05, 4.69) is 5.32 Å². The van der Waals surface area contributed by atoms with Gasteiger partial charge in [0.1, 0.15) is 6.04 Å². The smallest absolute Gasteiger partial charge is 0.329 e. The van der Waals surface area contributed by atoms with Crippen molar-refractivity contribution < 1.29 is 9.59 Å². The topological polar surface area (TPSA) is 75.4 Å². The number of anilines is 2. The molecule has 1 heterocycles. The monoisotopic (exact) mass is 267 g/mol. The Kier molecular flexibility index (Phi) is 2.87. The van der Waals surface area contributed by atoms with Crippen molar-refractivity contribution in [1.29, 1.82) is 0 Å². The molecule has 20 heavy (non-hydrogen) atoms. The van der Waals surface area contributed by atoms with Gasteiger partial charge in [-0.3, -0.25) is 4.79 Å². The maximum Gasteiger partial charge on any atom is 0.329 e. The van der Waals surface area contributed by atoms with Crippen molar-refractivity contribution in [3.05, 3.63) is 60.2 Å². The first-order valence-corrected chi connectivity index (χ1v) is 6.22. The zero-order valence-corrected chi connectivity index (χ0v) is 10.6. The molecule has 2 aromatic rings. The van der Waals surface area contributed by atoms with Crippen molar-refractivity contribution in [2.24, 2.45) is 0 Å². The van der Waals surface area contributed by atoms with Crippen LogP contribution in [-0.2, 0) is 4.79 Å². The Balaban J connectivity index is 1.93. The van der Waals surface area contributed by atoms with E-state index in [4.69, 9.17) is 5.73 Å². The van der Waals surface area contributed by atoms with Gasteiger partial charge in [0.05, 0.1) is 5.69 Å². The predicted octanol–water partition coefficient (Wildman–Crippen LogP) is 2.07. The summed E-state index contributed by atoms with van der Waals surface area (Å²) in [7, 11) is 0. The number of urea groups is 1. The number of hydrogen-bond acceptors (Lipinski definition) is 3. The molecule has 5 heteroatoms. The third kappa shape index (κ3) is 1.99. The van der Waals surface area contributed by atoms with Crippen molar-refractivity contribution in [3.63, 3.8) is 0 Å². The van der Waals surface area contributed by atoms with Crippen LogP contribution in [0, 0.1) is 0 Å². The average molecular weight is 267 g/mol. The predicted molar refractivity (Wildman–Crippen MR) is 76.1 cm³/mol. The molecule has 3 N–H and O–H groups in total. The number of nitrogen functional groups attached to an aromatic ring is 1. The van der Waals surface area contributed by atoms with Crippen molar-refractivity contribution in [2.45, 2.75) is 6.04 Å². The molecule has 5 nitrogen and oxygen atoms in total. The zero-order chi connectivity index (χ0) is 14.1. The van der Waals surface area contributed by atoms with Crippen LogP contribution >= 0.6 is 0 Å². The van der Waals surface area contributed by atoms with Gasteiger partial charge in [-0.2, -0.15) is 0 Å². The Morgan fingerprint density at radius 2 is 1.60 bits per heavy atom. The maximum absolute atomic E-state index is 12.4. The summed E-state index contributed by atoms with van der Waals surface area (Å²) < 4.78 is 0. The normalized spacial score (nSPS) is 18.2. The molecule has 100 valence electrons. The van der Waals surface area contributed by atoms with Gasteiger partial charge in [-0.1, -0.05) is 30.3 Å². The largest absolute Gasteiger partial charge is 0.399 e. The molecule has 1 saturated heterocycles. The number of nitrogens with two attached hydrogens (primary N) is 1. The second-order valence-electron chi connectivity index (χ2n) is 4.56. The molecule has 1 fully saturated rings. The summed E-state index contributed by atoms with van der Waals surface area (Å²) in [5.41, 5.74) is 7.47. The SMILES string of the molecule is Nc1ccc(N2C(=O)N[C@@H](c3ccccc3)C2=O)cc1. The quantitative estimate of drug-likeness (QED) is 0.646. The molecule has 0 saturated carbocycles. The number of hydrogen-bond donors (Lipinski definition) is 2. The van der Waals surface area contributed by atoms with Crippen LogP contribution in [0.5, 0.6) is 0 Å². The van der Waals surface area contributed by atoms with E-state index in [1.807, 2.05) is 30.3 Å². The van der Waals surface area contributed by atoms with E-state index < -0.39 is 12.1 Å². The van der Waals surface area contributed by atoms with Gasteiger partial charge in [-0.15, -0.1) is 0 Å². The Morgan fingerprint density at radius 1 is 0.950 bits per heavy atom. The number of rotatable bonds is 2. The van der Waals surface area contributed by atoms with E-state index in [0.29, 0.717) is 11.4 Å². The molecule has 0 aromatic heterocycles. The molecule has 1 atom stereocenters. The lowest BCUT2D eigenvalue weighted by atomic mass is 10.1. The Labute approximate surface area is 116 Å². The highest BCUT2D eigenvalue weighted by atomic mass is 16.2. The first-order valence-electron chi connectivity index (χ1n) is 6.22. The van der Waals surface area contributed by atoms with Gasteiger partial charge in [0.25, 0.3) is 5.91 Å². The van der Waals surface area contributed by atoms with Crippen molar-refractivity contribution in [1.82, 2.24) is 5.32 Å². The number of carbonyl (C=O) groups excluding carboxylic acids is 2. The van der Waals surface area contributed by atoms with Gasteiger partial charge in [0, 0.05) is 5.69 Å². The second-order valence-corrected chi connectivity index (χ2v) is 4.56. The molecule has 0 aliphatic carbocycles. The summed E-state index contributed by atoms with van der Waals surface area (Å²) in [5, 5.41) is 2.69. The Morgan fingerprint density at radius 3 is 2.25 bits per heavy atom. The summed E-state index contributed by atoms with van der Waals surface area (Å²) in [6.45, 7) is 0. The van der Waals surface area contributed by atoms with E-state index in [0.717, 1.165) is 10.5 Å². The van der Waals surface area contributed by atoms with Gasteiger partial charge < -0.3 is 11.1 Å². The fourth-order valence-corrected chi connectivity index (χ4v) is 2.22. The molecule has 1 aliphatic heterocycles. The molecule has 3 rings (SSSR count). The fourth-order valence-electron chi connectivity index (χ4n) is 2.22. The third-order valence-electron chi connectivity index (χ3n) is 3.22. The molecule has 0 spiro atoms. The standard InChI is InChI=1S/C15H13N3O2/c16-11-6-8-12(9-7-11)18-14(19)13(17-15(18)20)10-4-2-1-3-5-10/h1-9,13H,16H2,(H,17,20)/t13-/m0/s1. The van der Waals surface area contributed by atoms with Crippen LogP contribution < -0.4 is 16.0 Å². The molecule has 1 aliphatic rings. The number of amides is 3. The second kappa shape index (κ2) is 4.70. The van der Waals surface area contributed by atoms with Gasteiger partial charge in [0.2, 0.25) is 0 Å². The van der Waals surface area contributed by atoms with Crippen LogP contribution in [0.4, 0.5) is 16.2 Å². The summed E-state index contributed by atoms with van der Waals surface area (Å²) in [4.78, 5) is 25.6. The molecular formula is C15H13N3O2. The minimum atomic E-state index is -0.638. The number of imide groups is 1. The lowest BCUT2D eigenvalue weighted by Crippen LogP contribution is -2.30. The first kappa shape index (κ1) is 12.2. The lowest BCUT2D eigenvalue weighted by Gasteiger charge is -2.13. The summed E-state index contributed by atoms with van der Waals surface area (Å²) in [6, 6.07) is 14.7. The van der Waals surface area contributed by atoms with Crippen LogP contribution in [0.1, 0.15) is 11.6 Å². The summed E-state index contributed by atoms with van der Waals surface area (Å²) in [6.07, 6.45) is 0. The molecule has 2 aromatic carbocycles. The van der Waals surface area contributed by atoms with E-state index in [1.54, 1.807) is 24.3 Å². The molecular weight excluding hydrogens is 254 g/mol. The van der Waals surface area contributed by atoms with Gasteiger partial charge in [-0.25, -0.2) is 9.69 Å². The summed E-state index contributed by atoms with van der Waals surface area (Å²) >= 11 is 0. The highest BCUT2D eigenvalue weighted by Gasteiger charge is 2.39. The van der Waals surface area contributed by atoms with Crippen LogP contribution in [0.25, 0.3) is 0 Å². The minimum absolute atomic E-state index is 0.286. The maximum atomic E-state index is 12.4. The molecule has 3 amide bonds. The minimum Gasteiger partial charge on any atom is -0.399 e. The van der Waals surface area contributed by atoms with E-state index in [1.165, 1.54) is 0 Å². The molecule has 0 unspecified atom stereocenters. The highest BCUT2D eigenvalue weighted by molar-refractivity contribution is 6.21. The Hall–Kier alpha value is -2.82. The first-order chi connectivity index (χ1) is 9.66. The Bertz CT molecular complexity index is 653. The van der Waals surface area contributed by atoms with Crippen LogP contribution in [-0.4, -0.2) is 11.9 Å². The number of nitrogens with zero attached hydrogens (tertiary/aromatic N) is 1. The van der Waals surface area contributed by atoms with E-state index in [9.17, 15) is 9.59 Å². The third-order valence-corrected chi connectivity index (χ3v) is 3.22. The van der Waals surface area contributed by atoms with Crippen molar-refractivity contribution in [3.8, 4) is 0 Å². The van der Waals surface area contributed by atoms with Gasteiger partial charge in [0.15, 0.2) is 0 Å².